The van der Waals surface area contributed by atoms with Crippen molar-refractivity contribution in [3.8, 4) is 0 Å². The van der Waals surface area contributed by atoms with Gasteiger partial charge < -0.3 is 15.5 Å². The van der Waals surface area contributed by atoms with Crippen LogP contribution in [-0.4, -0.2) is 54.8 Å². The van der Waals surface area contributed by atoms with E-state index in [0.717, 1.165) is 49.7 Å². The lowest BCUT2D eigenvalue weighted by molar-refractivity contribution is -0.116. The van der Waals surface area contributed by atoms with Crippen molar-refractivity contribution >= 4 is 23.2 Å². The van der Waals surface area contributed by atoms with Crippen LogP contribution in [0.3, 0.4) is 0 Å². The smallest absolute Gasteiger partial charge is 0.228 e. The highest BCUT2D eigenvalue weighted by Crippen LogP contribution is 2.14. The maximum atomic E-state index is 12.3. The van der Waals surface area contributed by atoms with Gasteiger partial charge in [0.25, 0.3) is 0 Å². The van der Waals surface area contributed by atoms with Crippen molar-refractivity contribution < 1.29 is 9.59 Å². The summed E-state index contributed by atoms with van der Waals surface area (Å²) in [4.78, 5) is 28.1. The predicted molar refractivity (Wildman–Crippen MR) is 112 cm³/mol. The largest absolute Gasteiger partial charge is 0.326 e. The molecule has 0 saturated carbocycles. The summed E-state index contributed by atoms with van der Waals surface area (Å²) in [7, 11) is 2.16. The molecule has 0 aliphatic carbocycles. The van der Waals surface area contributed by atoms with E-state index in [0.29, 0.717) is 6.42 Å². The fraction of sp³-hybridized carbons (Fsp3) is 0.364. The van der Waals surface area contributed by atoms with Crippen molar-refractivity contribution in [3.05, 3.63) is 59.7 Å². The van der Waals surface area contributed by atoms with Crippen LogP contribution in [-0.2, 0) is 22.6 Å². The fourth-order valence-electron chi connectivity index (χ4n) is 3.26. The number of carbonyl (C=O) groups excluding carboxylic acids is 2. The van der Waals surface area contributed by atoms with Gasteiger partial charge in [0.2, 0.25) is 11.8 Å². The first-order chi connectivity index (χ1) is 13.5. The summed E-state index contributed by atoms with van der Waals surface area (Å²) < 4.78 is 0. The van der Waals surface area contributed by atoms with Crippen LogP contribution in [0.2, 0.25) is 0 Å². The molecule has 3 rings (SSSR count). The minimum absolute atomic E-state index is 0.0564. The number of carbonyl (C=O) groups is 2. The van der Waals surface area contributed by atoms with Gasteiger partial charge in [-0.05, 0) is 42.4 Å². The molecule has 6 heteroatoms. The van der Waals surface area contributed by atoms with Gasteiger partial charge in [-0.3, -0.25) is 14.5 Å². The molecule has 2 amide bonds. The monoisotopic (exact) mass is 380 g/mol. The van der Waals surface area contributed by atoms with Crippen LogP contribution < -0.4 is 10.6 Å². The topological polar surface area (TPSA) is 64.7 Å². The molecular weight excluding hydrogens is 352 g/mol. The molecule has 6 nitrogen and oxygen atoms in total. The summed E-state index contributed by atoms with van der Waals surface area (Å²) in [5.74, 6) is -0.166. The van der Waals surface area contributed by atoms with Crippen molar-refractivity contribution in [1.82, 2.24) is 9.80 Å². The summed E-state index contributed by atoms with van der Waals surface area (Å²) in [5.41, 5.74) is 3.70. The van der Waals surface area contributed by atoms with Crippen molar-refractivity contribution in [2.24, 2.45) is 0 Å². The normalized spacial score (nSPS) is 15.2. The molecule has 2 N–H and O–H groups in total. The average Bonchev–Trinajstić information content (AvgIpc) is 2.66. The van der Waals surface area contributed by atoms with Crippen molar-refractivity contribution in [1.29, 1.82) is 0 Å². The van der Waals surface area contributed by atoms with Crippen LogP contribution in [0.4, 0.5) is 11.4 Å². The Bertz CT molecular complexity index is 794. The van der Waals surface area contributed by atoms with E-state index in [4.69, 9.17) is 0 Å². The SMILES string of the molecule is CC(=O)Nc1ccc(CC(=O)Nc2ccc(CN3CCN(C)CC3)cc2)cc1. The van der Waals surface area contributed by atoms with Crippen LogP contribution in [0, 0.1) is 0 Å². The van der Waals surface area contributed by atoms with Crippen molar-refractivity contribution in [2.45, 2.75) is 19.9 Å². The van der Waals surface area contributed by atoms with Gasteiger partial charge in [-0.15, -0.1) is 0 Å². The Kier molecular flexibility index (Phi) is 6.79. The van der Waals surface area contributed by atoms with Crippen LogP contribution in [0.15, 0.2) is 48.5 Å². The average molecular weight is 380 g/mol. The van der Waals surface area contributed by atoms with Gasteiger partial charge in [0.05, 0.1) is 6.42 Å². The lowest BCUT2D eigenvalue weighted by Gasteiger charge is -2.32. The molecule has 1 fully saturated rings. The van der Waals surface area contributed by atoms with Gasteiger partial charge in [-0.25, -0.2) is 0 Å². The van der Waals surface area contributed by atoms with Crippen LogP contribution in [0.25, 0.3) is 0 Å². The van der Waals surface area contributed by atoms with Gasteiger partial charge in [0.1, 0.15) is 0 Å². The van der Waals surface area contributed by atoms with Gasteiger partial charge in [-0.1, -0.05) is 24.3 Å². The molecule has 0 aromatic heterocycles. The Hall–Kier alpha value is -2.70. The number of rotatable bonds is 6. The zero-order valence-corrected chi connectivity index (χ0v) is 16.6. The third kappa shape index (κ3) is 6.18. The number of hydrogen-bond donors (Lipinski definition) is 2. The molecule has 2 aromatic carbocycles. The number of piperazine rings is 1. The first-order valence-electron chi connectivity index (χ1n) is 9.64. The maximum absolute atomic E-state index is 12.3. The molecule has 28 heavy (non-hydrogen) atoms. The fourth-order valence-corrected chi connectivity index (χ4v) is 3.26. The van der Waals surface area contributed by atoms with Crippen molar-refractivity contribution in [2.75, 3.05) is 43.9 Å². The molecule has 2 aromatic rings. The summed E-state index contributed by atoms with van der Waals surface area (Å²) in [6.45, 7) is 6.83. The zero-order valence-electron chi connectivity index (χ0n) is 16.6. The van der Waals surface area contributed by atoms with Gasteiger partial charge in [-0.2, -0.15) is 0 Å². The second kappa shape index (κ2) is 9.48. The maximum Gasteiger partial charge on any atom is 0.228 e. The first-order valence-corrected chi connectivity index (χ1v) is 9.64. The molecule has 1 aliphatic rings. The van der Waals surface area contributed by atoms with E-state index in [1.807, 2.05) is 24.3 Å². The number of anilines is 2. The van der Waals surface area contributed by atoms with Crippen LogP contribution >= 0.6 is 0 Å². The standard InChI is InChI=1S/C22H28N4O2/c1-17(27)23-20-7-3-18(4-8-20)15-22(28)24-21-9-5-19(6-10-21)16-26-13-11-25(2)12-14-26/h3-10H,11-16H2,1-2H3,(H,23,27)(H,24,28). The lowest BCUT2D eigenvalue weighted by Crippen LogP contribution is -2.43. The number of likely N-dealkylation sites (N-methyl/N-ethyl adjacent to an activating group) is 1. The van der Waals surface area contributed by atoms with E-state index in [1.54, 1.807) is 12.1 Å². The second-order valence-electron chi connectivity index (χ2n) is 7.38. The summed E-state index contributed by atoms with van der Waals surface area (Å²) in [6, 6.07) is 15.4. The highest BCUT2D eigenvalue weighted by Gasteiger charge is 2.13. The zero-order chi connectivity index (χ0) is 19.9. The van der Waals surface area contributed by atoms with Gasteiger partial charge in [0.15, 0.2) is 0 Å². The first kappa shape index (κ1) is 20.0. The minimum Gasteiger partial charge on any atom is -0.326 e. The molecule has 1 saturated heterocycles. The molecule has 0 unspecified atom stereocenters. The second-order valence-corrected chi connectivity index (χ2v) is 7.38. The number of nitrogens with one attached hydrogen (secondary N) is 2. The molecular formula is C22H28N4O2. The summed E-state index contributed by atoms with van der Waals surface area (Å²) in [5, 5.41) is 5.66. The summed E-state index contributed by atoms with van der Waals surface area (Å²) >= 11 is 0. The quantitative estimate of drug-likeness (QED) is 0.809. The molecule has 0 radical (unpaired) electrons. The number of amides is 2. The highest BCUT2D eigenvalue weighted by atomic mass is 16.2. The third-order valence-electron chi connectivity index (χ3n) is 4.88. The van der Waals surface area contributed by atoms with E-state index in [2.05, 4.69) is 39.6 Å². The molecule has 148 valence electrons. The van der Waals surface area contributed by atoms with E-state index >= 15 is 0 Å². The third-order valence-corrected chi connectivity index (χ3v) is 4.88. The van der Waals surface area contributed by atoms with Crippen molar-refractivity contribution in [3.63, 3.8) is 0 Å². The Balaban J connectivity index is 1.48. The Labute approximate surface area is 166 Å². The molecule has 1 heterocycles. The number of nitrogens with zero attached hydrogens (tertiary/aromatic N) is 2. The van der Waals surface area contributed by atoms with Crippen LogP contribution in [0.1, 0.15) is 18.1 Å². The molecule has 0 spiro atoms. The van der Waals surface area contributed by atoms with E-state index in [-0.39, 0.29) is 11.8 Å². The number of hydrogen-bond acceptors (Lipinski definition) is 4. The highest BCUT2D eigenvalue weighted by molar-refractivity contribution is 5.92. The lowest BCUT2D eigenvalue weighted by atomic mass is 10.1. The van der Waals surface area contributed by atoms with Gasteiger partial charge in [0, 0.05) is 51.0 Å². The Morgan fingerprint density at radius 3 is 1.93 bits per heavy atom. The molecule has 0 bridgehead atoms. The van der Waals surface area contributed by atoms with Crippen LogP contribution in [0.5, 0.6) is 0 Å². The minimum atomic E-state index is -0.110. The predicted octanol–water partition coefficient (Wildman–Crippen LogP) is 2.57. The Morgan fingerprint density at radius 2 is 1.36 bits per heavy atom. The van der Waals surface area contributed by atoms with E-state index in [9.17, 15) is 9.59 Å². The van der Waals surface area contributed by atoms with E-state index in [1.165, 1.54) is 12.5 Å². The summed E-state index contributed by atoms with van der Waals surface area (Å²) in [6.07, 6.45) is 0.295. The van der Waals surface area contributed by atoms with E-state index < -0.39 is 0 Å². The molecule has 0 atom stereocenters. The Morgan fingerprint density at radius 1 is 0.821 bits per heavy atom. The molecule has 1 aliphatic heterocycles. The number of benzene rings is 2. The van der Waals surface area contributed by atoms with Gasteiger partial charge >= 0.3 is 0 Å².